The van der Waals surface area contributed by atoms with Crippen LogP contribution in [0.2, 0.25) is 0 Å². The molecule has 1 saturated heterocycles. The summed E-state index contributed by atoms with van der Waals surface area (Å²) in [4.78, 5) is 11.8. The summed E-state index contributed by atoms with van der Waals surface area (Å²) in [5.41, 5.74) is 9.97. The standard InChI is InChI=1S/C20H24N8O/c1-12-15(10-22-26(12)2)27-9-5-6-13(11-27)18-24-19-14-7-4-8-16(29-3)17(14)23-20(21)28(19)25-18/h4,7-8,10,13H,5-6,9,11H2,1-3H3,(H2,21,23)/t13-/m1/s1. The molecule has 29 heavy (non-hydrogen) atoms. The van der Waals surface area contributed by atoms with E-state index in [1.807, 2.05) is 36.1 Å². The van der Waals surface area contributed by atoms with Crippen LogP contribution in [0, 0.1) is 6.92 Å². The lowest BCUT2D eigenvalue weighted by Gasteiger charge is -2.32. The van der Waals surface area contributed by atoms with E-state index in [2.05, 4.69) is 21.9 Å². The summed E-state index contributed by atoms with van der Waals surface area (Å²) in [6.07, 6.45) is 4.06. The molecule has 150 valence electrons. The fourth-order valence-electron chi connectivity index (χ4n) is 4.18. The van der Waals surface area contributed by atoms with Crippen molar-refractivity contribution in [2.45, 2.75) is 25.7 Å². The van der Waals surface area contributed by atoms with Crippen molar-refractivity contribution >= 4 is 28.2 Å². The maximum atomic E-state index is 6.20. The summed E-state index contributed by atoms with van der Waals surface area (Å²) in [7, 11) is 3.60. The number of fused-ring (bicyclic) bond motifs is 3. The molecule has 4 aromatic rings. The second-order valence-corrected chi connectivity index (χ2v) is 7.56. The maximum Gasteiger partial charge on any atom is 0.223 e. The number of para-hydroxylation sites is 1. The van der Waals surface area contributed by atoms with Crippen molar-refractivity contribution < 1.29 is 4.74 Å². The number of hydrogen-bond acceptors (Lipinski definition) is 7. The largest absolute Gasteiger partial charge is 0.494 e. The van der Waals surface area contributed by atoms with E-state index < -0.39 is 0 Å². The molecular formula is C20H24N8O. The Bertz CT molecular complexity index is 1210. The molecule has 3 aromatic heterocycles. The zero-order valence-electron chi connectivity index (χ0n) is 16.8. The summed E-state index contributed by atoms with van der Waals surface area (Å²) in [5, 5.41) is 10.00. The van der Waals surface area contributed by atoms with Gasteiger partial charge < -0.3 is 15.4 Å². The van der Waals surface area contributed by atoms with Gasteiger partial charge in [-0.1, -0.05) is 6.07 Å². The molecule has 0 aliphatic carbocycles. The van der Waals surface area contributed by atoms with Crippen molar-refractivity contribution in [3.05, 3.63) is 35.9 Å². The molecule has 0 saturated carbocycles. The van der Waals surface area contributed by atoms with Crippen molar-refractivity contribution in [1.29, 1.82) is 0 Å². The molecule has 9 nitrogen and oxygen atoms in total. The molecule has 2 N–H and O–H groups in total. The molecule has 0 unspecified atom stereocenters. The first-order valence-electron chi connectivity index (χ1n) is 9.79. The number of nitrogens with zero attached hydrogens (tertiary/aromatic N) is 7. The van der Waals surface area contributed by atoms with E-state index in [1.54, 1.807) is 11.6 Å². The lowest BCUT2D eigenvalue weighted by molar-refractivity contribution is 0.419. The zero-order chi connectivity index (χ0) is 20.1. The molecule has 0 spiro atoms. The predicted octanol–water partition coefficient (Wildman–Crippen LogP) is 2.29. The quantitative estimate of drug-likeness (QED) is 0.571. The van der Waals surface area contributed by atoms with Crippen molar-refractivity contribution in [3.8, 4) is 5.75 Å². The highest BCUT2D eigenvalue weighted by Gasteiger charge is 2.27. The van der Waals surface area contributed by atoms with Gasteiger partial charge in [0, 0.05) is 31.4 Å². The molecule has 9 heteroatoms. The molecular weight excluding hydrogens is 368 g/mol. The fourth-order valence-corrected chi connectivity index (χ4v) is 4.18. The van der Waals surface area contributed by atoms with Gasteiger partial charge in [-0.15, -0.1) is 5.10 Å². The van der Waals surface area contributed by atoms with Gasteiger partial charge in [-0.25, -0.2) is 9.97 Å². The first-order valence-corrected chi connectivity index (χ1v) is 9.79. The normalized spacial score (nSPS) is 17.3. The van der Waals surface area contributed by atoms with Crippen molar-refractivity contribution in [3.63, 3.8) is 0 Å². The van der Waals surface area contributed by atoms with Gasteiger partial charge in [0.2, 0.25) is 5.95 Å². The van der Waals surface area contributed by atoms with Crippen LogP contribution < -0.4 is 15.4 Å². The topological polar surface area (TPSA) is 99.4 Å². The van der Waals surface area contributed by atoms with Crippen LogP contribution in [0.1, 0.15) is 30.3 Å². The average molecular weight is 392 g/mol. The number of methoxy groups -OCH3 is 1. The Hall–Kier alpha value is -3.36. The Kier molecular flexibility index (Phi) is 4.04. The lowest BCUT2D eigenvalue weighted by atomic mass is 9.97. The maximum absolute atomic E-state index is 6.20. The number of nitrogen functional groups attached to an aromatic ring is 1. The van der Waals surface area contributed by atoms with Crippen LogP contribution in [0.25, 0.3) is 16.6 Å². The molecule has 0 radical (unpaired) electrons. The van der Waals surface area contributed by atoms with Gasteiger partial charge in [-0.05, 0) is 31.9 Å². The SMILES string of the molecule is COc1cccc2c1nc(N)n1nc([C@@H]3CCCN(c4cnn(C)c4C)C3)nc21. The summed E-state index contributed by atoms with van der Waals surface area (Å²) < 4.78 is 9.00. The van der Waals surface area contributed by atoms with Gasteiger partial charge >= 0.3 is 0 Å². The summed E-state index contributed by atoms with van der Waals surface area (Å²) >= 11 is 0. The number of hydrogen-bond donors (Lipinski definition) is 1. The van der Waals surface area contributed by atoms with E-state index >= 15 is 0 Å². The minimum absolute atomic E-state index is 0.225. The molecule has 1 fully saturated rings. The third-order valence-corrected chi connectivity index (χ3v) is 5.86. The Balaban J connectivity index is 1.56. The van der Waals surface area contributed by atoms with Crippen LogP contribution >= 0.6 is 0 Å². The predicted molar refractivity (Wildman–Crippen MR) is 111 cm³/mol. The van der Waals surface area contributed by atoms with Crippen LogP contribution in [0.15, 0.2) is 24.4 Å². The molecule has 1 aliphatic heterocycles. The van der Waals surface area contributed by atoms with E-state index in [9.17, 15) is 0 Å². The smallest absolute Gasteiger partial charge is 0.223 e. The molecule has 5 rings (SSSR count). The minimum Gasteiger partial charge on any atom is -0.494 e. The number of aromatic nitrogens is 6. The Morgan fingerprint density at radius 1 is 1.24 bits per heavy atom. The van der Waals surface area contributed by atoms with E-state index in [0.29, 0.717) is 17.2 Å². The highest BCUT2D eigenvalue weighted by Crippen LogP contribution is 2.32. The second-order valence-electron chi connectivity index (χ2n) is 7.56. The third-order valence-electron chi connectivity index (χ3n) is 5.86. The summed E-state index contributed by atoms with van der Waals surface area (Å²) in [6, 6.07) is 5.78. The number of rotatable bonds is 3. The van der Waals surface area contributed by atoms with E-state index in [0.717, 1.165) is 42.8 Å². The van der Waals surface area contributed by atoms with Gasteiger partial charge in [0.15, 0.2) is 11.5 Å². The van der Waals surface area contributed by atoms with Crippen LogP contribution in [0.4, 0.5) is 11.6 Å². The Morgan fingerprint density at radius 2 is 2.10 bits per heavy atom. The number of aryl methyl sites for hydroxylation is 1. The zero-order valence-corrected chi connectivity index (χ0v) is 16.8. The number of ether oxygens (including phenoxy) is 1. The van der Waals surface area contributed by atoms with E-state index in [-0.39, 0.29) is 5.92 Å². The molecule has 0 bridgehead atoms. The second kappa shape index (κ2) is 6.61. The molecule has 4 heterocycles. The van der Waals surface area contributed by atoms with Crippen LogP contribution in [-0.4, -0.2) is 49.6 Å². The highest BCUT2D eigenvalue weighted by atomic mass is 16.5. The van der Waals surface area contributed by atoms with Crippen molar-refractivity contribution in [2.24, 2.45) is 7.05 Å². The first-order chi connectivity index (χ1) is 14.1. The fraction of sp³-hybridized carbons (Fsp3) is 0.400. The highest BCUT2D eigenvalue weighted by molar-refractivity contribution is 5.95. The number of nitrogens with two attached hydrogens (primary N) is 1. The molecule has 1 aromatic carbocycles. The van der Waals surface area contributed by atoms with Crippen LogP contribution in [-0.2, 0) is 7.05 Å². The molecule has 1 atom stereocenters. The van der Waals surface area contributed by atoms with Gasteiger partial charge in [-0.2, -0.15) is 9.61 Å². The van der Waals surface area contributed by atoms with Gasteiger partial charge in [-0.3, -0.25) is 4.68 Å². The van der Waals surface area contributed by atoms with Gasteiger partial charge in [0.1, 0.15) is 11.3 Å². The molecule has 0 amide bonds. The number of benzene rings is 1. The van der Waals surface area contributed by atoms with Gasteiger partial charge in [0.25, 0.3) is 0 Å². The number of anilines is 2. The van der Waals surface area contributed by atoms with Crippen molar-refractivity contribution in [2.75, 3.05) is 30.8 Å². The average Bonchev–Trinajstić information content (AvgIpc) is 3.33. The van der Waals surface area contributed by atoms with E-state index in [4.69, 9.17) is 20.6 Å². The Morgan fingerprint density at radius 3 is 2.86 bits per heavy atom. The Labute approximate surface area is 168 Å². The van der Waals surface area contributed by atoms with Crippen LogP contribution in [0.5, 0.6) is 5.75 Å². The number of piperidine rings is 1. The lowest BCUT2D eigenvalue weighted by Crippen LogP contribution is -2.35. The molecule has 1 aliphatic rings. The first kappa shape index (κ1) is 17.7. The van der Waals surface area contributed by atoms with E-state index in [1.165, 1.54) is 11.4 Å². The summed E-state index contributed by atoms with van der Waals surface area (Å²) in [5.74, 6) is 2.02. The van der Waals surface area contributed by atoms with Gasteiger partial charge in [0.05, 0.1) is 24.7 Å². The minimum atomic E-state index is 0.225. The monoisotopic (exact) mass is 392 g/mol. The van der Waals surface area contributed by atoms with Crippen LogP contribution in [0.3, 0.4) is 0 Å². The third kappa shape index (κ3) is 2.76. The van der Waals surface area contributed by atoms with Crippen molar-refractivity contribution in [1.82, 2.24) is 29.4 Å². The summed E-state index contributed by atoms with van der Waals surface area (Å²) in [6.45, 7) is 3.97.